The number of fused-ring (bicyclic) bond motifs is 1. The van der Waals surface area contributed by atoms with Crippen LogP contribution in [-0.4, -0.2) is 116 Å². The number of sulfone groups is 1. The molecule has 0 amide bonds. The third-order valence-corrected chi connectivity index (χ3v) is 17.7. The lowest BCUT2D eigenvalue weighted by Crippen LogP contribution is -2.56. The smallest absolute Gasteiger partial charge is 0.210 e. The number of ether oxygens (including phenoxy) is 1. The van der Waals surface area contributed by atoms with Crippen LogP contribution >= 0.6 is 0 Å². The van der Waals surface area contributed by atoms with E-state index in [1.165, 1.54) is 148 Å². The SMILES string of the molecule is CCCCCCCCCCCCCCCCCCCCCCOc1ccc(S(=O)(=O)c2cnc3ccc(S(C)=O)cc3c2N2CCC(N3CCN(C4CCN(CC)CC4)CC3)CC2)cc1. The molecule has 0 radical (unpaired) electrons. The van der Waals surface area contributed by atoms with Crippen molar-refractivity contribution in [1.29, 1.82) is 0 Å². The van der Waals surface area contributed by atoms with Gasteiger partial charge in [0.1, 0.15) is 10.6 Å². The first-order valence-corrected chi connectivity index (χ1v) is 29.5. The molecule has 3 aliphatic heterocycles. The third kappa shape index (κ3) is 16.0. The second-order valence-electron chi connectivity index (χ2n) is 19.6. The van der Waals surface area contributed by atoms with Crippen molar-refractivity contribution in [2.24, 2.45) is 0 Å². The summed E-state index contributed by atoms with van der Waals surface area (Å²) in [4.78, 5) is 16.0. The molecule has 0 saturated carbocycles. The molecule has 3 fully saturated rings. The van der Waals surface area contributed by atoms with Crippen LogP contribution in [0.1, 0.15) is 168 Å². The average Bonchev–Trinajstić information content (AvgIpc) is 3.34. The number of piperazine rings is 1. The van der Waals surface area contributed by atoms with Crippen LogP contribution in [0.15, 0.2) is 63.3 Å². The summed E-state index contributed by atoms with van der Waals surface area (Å²) in [5, 5.41) is 0.745. The minimum absolute atomic E-state index is 0.211. The lowest BCUT2D eigenvalue weighted by Gasteiger charge is -2.46. The van der Waals surface area contributed by atoms with Crippen LogP contribution in [0.25, 0.3) is 10.9 Å². The molecular formula is C54H87N5O4S2. The Kier molecular flexibility index (Phi) is 22.4. The maximum Gasteiger partial charge on any atom is 0.210 e. The van der Waals surface area contributed by atoms with Gasteiger partial charge in [0, 0.05) is 84.9 Å². The van der Waals surface area contributed by atoms with Crippen molar-refractivity contribution in [3.05, 3.63) is 48.7 Å². The molecule has 364 valence electrons. The number of likely N-dealkylation sites (tertiary alicyclic amines) is 1. The molecule has 0 bridgehead atoms. The van der Waals surface area contributed by atoms with Crippen LogP contribution in [0.2, 0.25) is 0 Å². The zero-order valence-corrected chi connectivity index (χ0v) is 42.6. The summed E-state index contributed by atoms with van der Waals surface area (Å²) < 4.78 is 47.9. The molecule has 11 heteroatoms. The molecule has 1 atom stereocenters. The van der Waals surface area contributed by atoms with E-state index in [0.29, 0.717) is 40.5 Å². The minimum atomic E-state index is -3.93. The van der Waals surface area contributed by atoms with Gasteiger partial charge in [0.15, 0.2) is 0 Å². The van der Waals surface area contributed by atoms with E-state index in [0.717, 1.165) is 76.9 Å². The van der Waals surface area contributed by atoms with E-state index in [2.05, 4.69) is 38.4 Å². The molecular weight excluding hydrogens is 847 g/mol. The van der Waals surface area contributed by atoms with E-state index < -0.39 is 20.6 Å². The highest BCUT2D eigenvalue weighted by atomic mass is 32.2. The Labute approximate surface area is 398 Å². The van der Waals surface area contributed by atoms with Crippen molar-refractivity contribution >= 4 is 37.2 Å². The van der Waals surface area contributed by atoms with Crippen LogP contribution in [0.5, 0.6) is 5.75 Å². The molecule has 2 aromatic carbocycles. The lowest BCUT2D eigenvalue weighted by molar-refractivity contribution is 0.0384. The second-order valence-corrected chi connectivity index (χ2v) is 22.9. The Morgan fingerprint density at radius 3 is 1.57 bits per heavy atom. The molecule has 0 aliphatic carbocycles. The summed E-state index contributed by atoms with van der Waals surface area (Å²) >= 11 is 0. The Morgan fingerprint density at radius 2 is 1.09 bits per heavy atom. The maximum absolute atomic E-state index is 14.6. The van der Waals surface area contributed by atoms with Gasteiger partial charge in [-0.05, 0) is 94.2 Å². The van der Waals surface area contributed by atoms with Gasteiger partial charge in [0.05, 0.1) is 22.7 Å². The van der Waals surface area contributed by atoms with Crippen LogP contribution in [0.4, 0.5) is 5.69 Å². The second kappa shape index (κ2) is 28.0. The predicted octanol–water partition coefficient (Wildman–Crippen LogP) is 12.1. The number of rotatable bonds is 29. The zero-order valence-electron chi connectivity index (χ0n) is 41.0. The Bertz CT molecular complexity index is 1940. The van der Waals surface area contributed by atoms with Gasteiger partial charge in [-0.1, -0.05) is 136 Å². The number of pyridine rings is 1. The molecule has 3 saturated heterocycles. The molecule has 0 N–H and O–H groups in total. The summed E-state index contributed by atoms with van der Waals surface area (Å²) in [7, 11) is -5.14. The van der Waals surface area contributed by atoms with Gasteiger partial charge in [0.2, 0.25) is 9.84 Å². The Morgan fingerprint density at radius 1 is 0.615 bits per heavy atom. The Balaban J connectivity index is 0.919. The van der Waals surface area contributed by atoms with Gasteiger partial charge in [0.25, 0.3) is 0 Å². The molecule has 65 heavy (non-hydrogen) atoms. The van der Waals surface area contributed by atoms with Crippen molar-refractivity contribution in [3.8, 4) is 5.75 Å². The van der Waals surface area contributed by atoms with Crippen LogP contribution < -0.4 is 9.64 Å². The average molecular weight is 934 g/mol. The summed E-state index contributed by atoms with van der Waals surface area (Å²) in [6.45, 7) is 14.8. The standard InChI is InChI=1S/C54H87N5O4S2/c1-4-6-7-8-9-10-11-12-13-14-15-16-17-18-19-20-21-22-23-24-43-63-48-25-28-50(29-26-48)65(61,62)53-45-55-52-30-27-49(64(3)60)44-51(52)54(53)59-37-33-47(34-38-59)58-41-39-57(40-42-58)46-31-35-56(5-2)36-32-46/h25-30,44-47H,4-24,31-43H2,1-3H3. The molecule has 3 aliphatic rings. The van der Waals surface area contributed by atoms with Crippen LogP contribution in [0, 0.1) is 0 Å². The van der Waals surface area contributed by atoms with Gasteiger partial charge < -0.3 is 14.5 Å². The first-order chi connectivity index (χ1) is 31.8. The summed E-state index contributed by atoms with van der Waals surface area (Å²) in [6.07, 6.45) is 34.9. The number of benzene rings is 2. The van der Waals surface area contributed by atoms with Crippen molar-refractivity contribution in [3.63, 3.8) is 0 Å². The quantitative estimate of drug-likeness (QED) is 0.0632. The van der Waals surface area contributed by atoms with Crippen LogP contribution in [-0.2, 0) is 20.6 Å². The fourth-order valence-electron chi connectivity index (χ4n) is 10.8. The van der Waals surface area contributed by atoms with E-state index >= 15 is 0 Å². The number of unbranched alkanes of at least 4 members (excludes halogenated alkanes) is 19. The highest BCUT2D eigenvalue weighted by molar-refractivity contribution is 7.91. The molecule has 1 aromatic heterocycles. The number of hydrogen-bond acceptors (Lipinski definition) is 9. The summed E-state index contributed by atoms with van der Waals surface area (Å²) in [5.41, 5.74) is 1.40. The fraction of sp³-hybridized carbons (Fsp3) is 0.722. The number of piperidine rings is 2. The monoisotopic (exact) mass is 934 g/mol. The molecule has 6 rings (SSSR count). The first-order valence-electron chi connectivity index (χ1n) is 26.5. The molecule has 3 aromatic rings. The van der Waals surface area contributed by atoms with Gasteiger partial charge in [-0.3, -0.25) is 19.0 Å². The molecule has 4 heterocycles. The summed E-state index contributed by atoms with van der Waals surface area (Å²) in [6, 6.07) is 13.7. The van der Waals surface area contributed by atoms with E-state index in [1.54, 1.807) is 30.5 Å². The Hall–Kier alpha value is -2.57. The van der Waals surface area contributed by atoms with Crippen molar-refractivity contribution in [1.82, 2.24) is 19.7 Å². The first kappa shape index (κ1) is 51.8. The van der Waals surface area contributed by atoms with Crippen molar-refractivity contribution in [2.45, 2.75) is 195 Å². The van der Waals surface area contributed by atoms with Crippen molar-refractivity contribution < 1.29 is 17.4 Å². The predicted molar refractivity (Wildman–Crippen MR) is 273 cm³/mol. The fourth-order valence-corrected chi connectivity index (χ4v) is 12.7. The van der Waals surface area contributed by atoms with Gasteiger partial charge in [-0.2, -0.15) is 0 Å². The maximum atomic E-state index is 14.6. The molecule has 9 nitrogen and oxygen atoms in total. The topological polar surface area (TPSA) is 86.3 Å². The molecule has 0 spiro atoms. The number of aromatic nitrogens is 1. The third-order valence-electron chi connectivity index (χ3n) is 15.0. The normalized spacial score (nSPS) is 18.2. The van der Waals surface area contributed by atoms with E-state index in [-0.39, 0.29) is 9.79 Å². The lowest BCUT2D eigenvalue weighted by atomic mass is 9.99. The zero-order chi connectivity index (χ0) is 45.7. The highest BCUT2D eigenvalue weighted by Gasteiger charge is 2.34. The highest BCUT2D eigenvalue weighted by Crippen LogP contribution is 2.39. The van der Waals surface area contributed by atoms with Gasteiger partial charge in [-0.25, -0.2) is 8.42 Å². The van der Waals surface area contributed by atoms with E-state index in [4.69, 9.17) is 4.74 Å². The van der Waals surface area contributed by atoms with Crippen LogP contribution in [0.3, 0.4) is 0 Å². The van der Waals surface area contributed by atoms with Gasteiger partial charge in [-0.15, -0.1) is 0 Å². The number of anilines is 1. The number of nitrogens with zero attached hydrogens (tertiary/aromatic N) is 5. The molecule has 1 unspecified atom stereocenters. The summed E-state index contributed by atoms with van der Waals surface area (Å²) in [5.74, 6) is 0.693. The van der Waals surface area contributed by atoms with E-state index in [1.807, 2.05) is 18.2 Å². The van der Waals surface area contributed by atoms with E-state index in [9.17, 15) is 12.6 Å². The van der Waals surface area contributed by atoms with Gasteiger partial charge >= 0.3 is 0 Å². The van der Waals surface area contributed by atoms with Crippen molar-refractivity contribution in [2.75, 3.05) is 76.7 Å². The minimum Gasteiger partial charge on any atom is -0.494 e. The number of hydrogen-bond donors (Lipinski definition) is 0. The largest absolute Gasteiger partial charge is 0.494 e.